The van der Waals surface area contributed by atoms with Crippen LogP contribution in [-0.4, -0.2) is 31.1 Å². The highest BCUT2D eigenvalue weighted by Gasteiger charge is 2.23. The van der Waals surface area contributed by atoms with Crippen molar-refractivity contribution >= 4 is 11.8 Å². The van der Waals surface area contributed by atoms with Crippen molar-refractivity contribution in [2.45, 2.75) is 33.0 Å². The van der Waals surface area contributed by atoms with Crippen molar-refractivity contribution in [2.24, 2.45) is 0 Å². The number of hydrogen-bond acceptors (Lipinski definition) is 4. The standard InChI is InChI=1S/C8H14O4/c1-5(9)8(11-4)6(2)12-7(3)10/h6,8H,1-4H3. The third-order valence-corrected chi connectivity index (χ3v) is 1.43. The first kappa shape index (κ1) is 11.1. The summed E-state index contributed by atoms with van der Waals surface area (Å²) in [6, 6.07) is 0. The van der Waals surface area contributed by atoms with E-state index >= 15 is 0 Å². The first-order valence-corrected chi connectivity index (χ1v) is 3.69. The summed E-state index contributed by atoms with van der Waals surface area (Å²) in [6.45, 7) is 4.31. The van der Waals surface area contributed by atoms with E-state index in [0.717, 1.165) is 0 Å². The molecular formula is C8H14O4. The van der Waals surface area contributed by atoms with E-state index in [2.05, 4.69) is 0 Å². The predicted molar refractivity (Wildman–Crippen MR) is 42.7 cm³/mol. The molecule has 0 saturated carbocycles. The number of carbonyl (C=O) groups excluding carboxylic acids is 2. The van der Waals surface area contributed by atoms with Gasteiger partial charge in [0, 0.05) is 14.0 Å². The second-order valence-electron chi connectivity index (χ2n) is 2.58. The lowest BCUT2D eigenvalue weighted by molar-refractivity contribution is -0.155. The summed E-state index contributed by atoms with van der Waals surface area (Å²) >= 11 is 0. The summed E-state index contributed by atoms with van der Waals surface area (Å²) in [7, 11) is 1.41. The van der Waals surface area contributed by atoms with Gasteiger partial charge < -0.3 is 9.47 Å². The quantitative estimate of drug-likeness (QED) is 0.584. The summed E-state index contributed by atoms with van der Waals surface area (Å²) in [5.41, 5.74) is 0. The molecule has 0 aromatic carbocycles. The Morgan fingerprint density at radius 1 is 1.25 bits per heavy atom. The first-order valence-electron chi connectivity index (χ1n) is 3.69. The van der Waals surface area contributed by atoms with Gasteiger partial charge in [0.25, 0.3) is 0 Å². The summed E-state index contributed by atoms with van der Waals surface area (Å²) in [4.78, 5) is 21.4. The van der Waals surface area contributed by atoms with Gasteiger partial charge in [-0.2, -0.15) is 0 Å². The molecule has 0 aliphatic heterocycles. The van der Waals surface area contributed by atoms with Crippen molar-refractivity contribution in [3.8, 4) is 0 Å². The Labute approximate surface area is 71.8 Å². The molecule has 0 aromatic heterocycles. The van der Waals surface area contributed by atoms with Crippen LogP contribution in [0.5, 0.6) is 0 Å². The van der Waals surface area contributed by atoms with Crippen LogP contribution in [0.2, 0.25) is 0 Å². The molecule has 0 aromatic rings. The molecule has 0 N–H and O–H groups in total. The van der Waals surface area contributed by atoms with Crippen LogP contribution in [0.1, 0.15) is 20.8 Å². The van der Waals surface area contributed by atoms with Crippen LogP contribution in [0.3, 0.4) is 0 Å². The fourth-order valence-electron chi connectivity index (χ4n) is 1.01. The van der Waals surface area contributed by atoms with Crippen LogP contribution in [0, 0.1) is 0 Å². The molecule has 0 saturated heterocycles. The molecule has 0 heterocycles. The van der Waals surface area contributed by atoms with Crippen LogP contribution in [0.15, 0.2) is 0 Å². The van der Waals surface area contributed by atoms with Gasteiger partial charge in [0.05, 0.1) is 0 Å². The zero-order valence-electron chi connectivity index (χ0n) is 7.79. The van der Waals surface area contributed by atoms with Gasteiger partial charge in [0.15, 0.2) is 11.9 Å². The van der Waals surface area contributed by atoms with Gasteiger partial charge in [-0.3, -0.25) is 9.59 Å². The fourth-order valence-corrected chi connectivity index (χ4v) is 1.01. The monoisotopic (exact) mass is 174 g/mol. The number of ether oxygens (including phenoxy) is 2. The Morgan fingerprint density at radius 3 is 2.00 bits per heavy atom. The SMILES string of the molecule is COC(C(C)=O)C(C)OC(C)=O. The van der Waals surface area contributed by atoms with Gasteiger partial charge in [-0.05, 0) is 13.8 Å². The van der Waals surface area contributed by atoms with E-state index in [0.29, 0.717) is 0 Å². The van der Waals surface area contributed by atoms with Crippen molar-refractivity contribution in [3.05, 3.63) is 0 Å². The Hall–Kier alpha value is -0.900. The highest BCUT2D eigenvalue weighted by Crippen LogP contribution is 2.04. The van der Waals surface area contributed by atoms with E-state index in [-0.39, 0.29) is 5.78 Å². The van der Waals surface area contributed by atoms with Gasteiger partial charge in [0.2, 0.25) is 0 Å². The van der Waals surface area contributed by atoms with Gasteiger partial charge in [-0.1, -0.05) is 0 Å². The van der Waals surface area contributed by atoms with E-state index < -0.39 is 18.2 Å². The highest BCUT2D eigenvalue weighted by atomic mass is 16.6. The molecule has 0 amide bonds. The molecule has 12 heavy (non-hydrogen) atoms. The Kier molecular flexibility index (Phi) is 4.51. The van der Waals surface area contributed by atoms with E-state index in [1.165, 1.54) is 21.0 Å². The lowest BCUT2D eigenvalue weighted by Crippen LogP contribution is -2.35. The topological polar surface area (TPSA) is 52.6 Å². The first-order chi connectivity index (χ1) is 5.49. The van der Waals surface area contributed by atoms with Gasteiger partial charge in [-0.25, -0.2) is 0 Å². The number of ketones is 1. The number of Topliss-reactive ketones (excluding diaryl/α,β-unsaturated/α-hetero) is 1. The summed E-state index contributed by atoms with van der Waals surface area (Å²) < 4.78 is 9.63. The van der Waals surface area contributed by atoms with Crippen LogP contribution in [0.4, 0.5) is 0 Å². The summed E-state index contributed by atoms with van der Waals surface area (Å²) in [5, 5.41) is 0. The maximum atomic E-state index is 10.9. The molecule has 0 bridgehead atoms. The lowest BCUT2D eigenvalue weighted by atomic mass is 10.1. The van der Waals surface area contributed by atoms with Crippen molar-refractivity contribution in [1.29, 1.82) is 0 Å². The molecule has 70 valence electrons. The van der Waals surface area contributed by atoms with E-state index in [1.54, 1.807) is 6.92 Å². The van der Waals surface area contributed by atoms with Crippen molar-refractivity contribution in [3.63, 3.8) is 0 Å². The third-order valence-electron chi connectivity index (χ3n) is 1.43. The lowest BCUT2D eigenvalue weighted by Gasteiger charge is -2.19. The molecule has 0 fully saturated rings. The van der Waals surface area contributed by atoms with Gasteiger partial charge in [-0.15, -0.1) is 0 Å². The highest BCUT2D eigenvalue weighted by molar-refractivity contribution is 5.81. The second kappa shape index (κ2) is 4.87. The predicted octanol–water partition coefficient (Wildman–Crippen LogP) is 0.542. The van der Waals surface area contributed by atoms with Crippen LogP contribution >= 0.6 is 0 Å². The molecule has 2 unspecified atom stereocenters. The Balaban J connectivity index is 4.11. The van der Waals surface area contributed by atoms with Crippen molar-refractivity contribution in [1.82, 2.24) is 0 Å². The number of carbonyl (C=O) groups is 2. The van der Waals surface area contributed by atoms with Crippen LogP contribution < -0.4 is 0 Å². The minimum absolute atomic E-state index is 0.147. The maximum absolute atomic E-state index is 10.9. The number of rotatable bonds is 4. The molecule has 4 nitrogen and oxygen atoms in total. The molecule has 0 rings (SSSR count). The second-order valence-corrected chi connectivity index (χ2v) is 2.58. The summed E-state index contributed by atoms with van der Waals surface area (Å²) in [5.74, 6) is -0.558. The molecule has 0 radical (unpaired) electrons. The van der Waals surface area contributed by atoms with E-state index in [9.17, 15) is 9.59 Å². The van der Waals surface area contributed by atoms with Crippen LogP contribution in [-0.2, 0) is 19.1 Å². The zero-order chi connectivity index (χ0) is 9.72. The molecule has 4 heteroatoms. The Bertz CT molecular complexity index is 176. The van der Waals surface area contributed by atoms with Gasteiger partial charge in [0.1, 0.15) is 6.10 Å². The molecule has 0 aliphatic rings. The Morgan fingerprint density at radius 2 is 1.75 bits per heavy atom. The molecule has 0 aliphatic carbocycles. The van der Waals surface area contributed by atoms with Crippen molar-refractivity contribution in [2.75, 3.05) is 7.11 Å². The van der Waals surface area contributed by atoms with E-state index in [4.69, 9.17) is 9.47 Å². The smallest absolute Gasteiger partial charge is 0.302 e. The molecule has 0 spiro atoms. The number of methoxy groups -OCH3 is 1. The minimum Gasteiger partial charge on any atom is -0.460 e. The maximum Gasteiger partial charge on any atom is 0.302 e. The van der Waals surface area contributed by atoms with Crippen molar-refractivity contribution < 1.29 is 19.1 Å². The largest absolute Gasteiger partial charge is 0.460 e. The average molecular weight is 174 g/mol. The summed E-state index contributed by atoms with van der Waals surface area (Å²) in [6.07, 6.45) is -1.18. The minimum atomic E-state index is -0.658. The normalized spacial score (nSPS) is 15.0. The molecular weight excluding hydrogens is 160 g/mol. The van der Waals surface area contributed by atoms with E-state index in [1.807, 2.05) is 0 Å². The number of hydrogen-bond donors (Lipinski definition) is 0. The van der Waals surface area contributed by atoms with Crippen LogP contribution in [0.25, 0.3) is 0 Å². The average Bonchev–Trinajstić information content (AvgIpc) is 1.85. The number of esters is 1. The third kappa shape index (κ3) is 3.48. The fraction of sp³-hybridized carbons (Fsp3) is 0.750. The zero-order valence-corrected chi connectivity index (χ0v) is 7.79. The molecule has 2 atom stereocenters. The van der Waals surface area contributed by atoms with Gasteiger partial charge >= 0.3 is 5.97 Å².